The number of amides is 1. The van der Waals surface area contributed by atoms with Gasteiger partial charge in [-0.2, -0.15) is 10.1 Å². The molecule has 2 heterocycles. The van der Waals surface area contributed by atoms with E-state index in [2.05, 4.69) is 15.4 Å². The SMILES string of the molecule is CCCCNC(=O)CN1C(C)=C(C(=O)OCC)[C@@H](c2ccc(F)cc2)n2ncnc21. The lowest BCUT2D eigenvalue weighted by atomic mass is 9.95. The molecule has 8 nitrogen and oxygen atoms in total. The smallest absolute Gasteiger partial charge is 0.338 e. The molecule has 160 valence electrons. The van der Waals surface area contributed by atoms with Crippen LogP contribution in [-0.2, 0) is 14.3 Å². The third-order valence-corrected chi connectivity index (χ3v) is 4.94. The minimum Gasteiger partial charge on any atom is -0.463 e. The fraction of sp³-hybridized carbons (Fsp3) is 0.429. The molecular weight excluding hydrogens is 389 g/mol. The number of esters is 1. The first-order valence-electron chi connectivity index (χ1n) is 10.0. The van der Waals surface area contributed by atoms with E-state index in [-0.39, 0.29) is 24.9 Å². The number of carbonyl (C=O) groups excluding carboxylic acids is 2. The van der Waals surface area contributed by atoms with E-state index in [4.69, 9.17) is 4.74 Å². The van der Waals surface area contributed by atoms with Gasteiger partial charge < -0.3 is 15.0 Å². The number of anilines is 1. The molecule has 0 unspecified atom stereocenters. The summed E-state index contributed by atoms with van der Waals surface area (Å²) in [4.78, 5) is 31.3. The number of allylic oxidation sites excluding steroid dienone is 1. The molecule has 2 aromatic rings. The van der Waals surface area contributed by atoms with Crippen molar-refractivity contribution in [1.82, 2.24) is 20.1 Å². The van der Waals surface area contributed by atoms with Crippen LogP contribution < -0.4 is 10.2 Å². The minimum atomic E-state index is -0.637. The second-order valence-corrected chi connectivity index (χ2v) is 6.97. The number of unbranched alkanes of at least 4 members (excludes halogenated alkanes) is 1. The molecule has 0 saturated heterocycles. The lowest BCUT2D eigenvalue weighted by molar-refractivity contribution is -0.139. The third-order valence-electron chi connectivity index (χ3n) is 4.94. The van der Waals surface area contributed by atoms with Gasteiger partial charge in [0, 0.05) is 12.2 Å². The normalized spacial score (nSPS) is 15.7. The number of nitrogens with zero attached hydrogens (tertiary/aromatic N) is 4. The van der Waals surface area contributed by atoms with Crippen LogP contribution in [0.5, 0.6) is 0 Å². The highest BCUT2D eigenvalue weighted by molar-refractivity contribution is 5.93. The predicted octanol–water partition coefficient (Wildman–Crippen LogP) is 2.58. The summed E-state index contributed by atoms with van der Waals surface area (Å²) in [5.74, 6) is -0.639. The molecule has 1 aromatic heterocycles. The van der Waals surface area contributed by atoms with Gasteiger partial charge in [-0.3, -0.25) is 4.79 Å². The van der Waals surface area contributed by atoms with Gasteiger partial charge in [-0.1, -0.05) is 25.5 Å². The summed E-state index contributed by atoms with van der Waals surface area (Å²) >= 11 is 0. The van der Waals surface area contributed by atoms with Gasteiger partial charge in [0.15, 0.2) is 0 Å². The summed E-state index contributed by atoms with van der Waals surface area (Å²) in [6.45, 7) is 6.30. The highest BCUT2D eigenvalue weighted by Gasteiger charge is 2.38. The van der Waals surface area contributed by atoms with Crippen LogP contribution in [-0.4, -0.2) is 46.3 Å². The van der Waals surface area contributed by atoms with Crippen molar-refractivity contribution in [3.63, 3.8) is 0 Å². The molecule has 1 aromatic carbocycles. The van der Waals surface area contributed by atoms with Crippen molar-refractivity contribution in [1.29, 1.82) is 0 Å². The molecule has 30 heavy (non-hydrogen) atoms. The van der Waals surface area contributed by atoms with Crippen molar-refractivity contribution < 1.29 is 18.7 Å². The van der Waals surface area contributed by atoms with Crippen molar-refractivity contribution in [3.8, 4) is 0 Å². The van der Waals surface area contributed by atoms with Crippen molar-refractivity contribution >= 4 is 17.8 Å². The monoisotopic (exact) mass is 415 g/mol. The quantitative estimate of drug-likeness (QED) is 0.527. The molecule has 1 amide bonds. The van der Waals surface area contributed by atoms with Crippen LogP contribution in [0.15, 0.2) is 41.9 Å². The average Bonchev–Trinajstić information content (AvgIpc) is 3.20. The fourth-order valence-corrected chi connectivity index (χ4v) is 3.45. The Morgan fingerprint density at radius 2 is 1.97 bits per heavy atom. The second-order valence-electron chi connectivity index (χ2n) is 6.97. The molecule has 0 radical (unpaired) electrons. The van der Waals surface area contributed by atoms with Crippen LogP contribution in [0, 0.1) is 5.82 Å². The van der Waals surface area contributed by atoms with E-state index in [0.29, 0.717) is 29.3 Å². The van der Waals surface area contributed by atoms with Crippen LogP contribution in [0.3, 0.4) is 0 Å². The van der Waals surface area contributed by atoms with Crippen molar-refractivity contribution in [2.45, 2.75) is 39.7 Å². The van der Waals surface area contributed by atoms with E-state index in [1.54, 1.807) is 35.6 Å². The summed E-state index contributed by atoms with van der Waals surface area (Å²) in [6, 6.07) is 5.23. The molecule has 0 saturated carbocycles. The van der Waals surface area contributed by atoms with E-state index in [1.807, 2.05) is 6.92 Å². The number of fused-ring (bicyclic) bond motifs is 1. The van der Waals surface area contributed by atoms with Gasteiger partial charge in [-0.25, -0.2) is 13.9 Å². The first kappa shape index (κ1) is 21.5. The van der Waals surface area contributed by atoms with Crippen molar-refractivity contribution in [3.05, 3.63) is 53.2 Å². The maximum absolute atomic E-state index is 13.5. The lowest BCUT2D eigenvalue weighted by Crippen LogP contribution is -2.42. The number of benzene rings is 1. The van der Waals surface area contributed by atoms with Crippen LogP contribution in [0.2, 0.25) is 0 Å². The Balaban J connectivity index is 2.03. The third kappa shape index (κ3) is 4.34. The Morgan fingerprint density at radius 1 is 1.23 bits per heavy atom. The Morgan fingerprint density at radius 3 is 2.63 bits per heavy atom. The Kier molecular flexibility index (Phi) is 6.81. The molecule has 1 aliphatic heterocycles. The molecule has 3 rings (SSSR count). The summed E-state index contributed by atoms with van der Waals surface area (Å²) in [7, 11) is 0. The standard InChI is InChI=1S/C21H26FN5O3/c1-4-6-11-23-17(28)12-26-14(3)18(20(29)30-5-2)19(27-21(26)24-13-25-27)15-7-9-16(22)10-8-15/h7-10,13,19H,4-6,11-12H2,1-3H3,(H,23,28)/t19-/m1/s1. The van der Waals surface area contributed by atoms with Crippen LogP contribution >= 0.6 is 0 Å². The van der Waals surface area contributed by atoms with E-state index < -0.39 is 12.0 Å². The topological polar surface area (TPSA) is 89.4 Å². The number of hydrogen-bond acceptors (Lipinski definition) is 6. The first-order chi connectivity index (χ1) is 14.5. The highest BCUT2D eigenvalue weighted by atomic mass is 19.1. The summed E-state index contributed by atoms with van der Waals surface area (Å²) in [5.41, 5.74) is 1.55. The van der Waals surface area contributed by atoms with Crippen LogP contribution in [0.4, 0.5) is 10.3 Å². The van der Waals surface area contributed by atoms with E-state index in [1.165, 1.54) is 18.5 Å². The van der Waals surface area contributed by atoms with E-state index in [9.17, 15) is 14.0 Å². The maximum atomic E-state index is 13.5. The number of hydrogen-bond donors (Lipinski definition) is 1. The number of halogens is 1. The highest BCUT2D eigenvalue weighted by Crippen LogP contribution is 2.38. The summed E-state index contributed by atoms with van der Waals surface area (Å²) in [6.07, 6.45) is 3.23. The van der Waals surface area contributed by atoms with Gasteiger partial charge in [0.2, 0.25) is 11.9 Å². The molecular formula is C21H26FN5O3. The molecule has 0 spiro atoms. The molecule has 0 bridgehead atoms. The zero-order chi connectivity index (χ0) is 21.7. The Labute approximate surface area is 174 Å². The number of aromatic nitrogens is 3. The number of nitrogens with one attached hydrogen (secondary N) is 1. The molecule has 0 aliphatic carbocycles. The summed E-state index contributed by atoms with van der Waals surface area (Å²) in [5, 5.41) is 7.17. The van der Waals surface area contributed by atoms with E-state index >= 15 is 0 Å². The number of ether oxygens (including phenoxy) is 1. The number of rotatable bonds is 8. The zero-order valence-corrected chi connectivity index (χ0v) is 17.4. The number of carbonyl (C=O) groups is 2. The van der Waals surface area contributed by atoms with Crippen molar-refractivity contribution in [2.24, 2.45) is 0 Å². The van der Waals surface area contributed by atoms with Gasteiger partial charge in [-0.05, 0) is 38.0 Å². The van der Waals surface area contributed by atoms with Gasteiger partial charge in [0.05, 0.1) is 12.2 Å². The van der Waals surface area contributed by atoms with Gasteiger partial charge >= 0.3 is 5.97 Å². The average molecular weight is 415 g/mol. The van der Waals surface area contributed by atoms with E-state index in [0.717, 1.165) is 12.8 Å². The second kappa shape index (κ2) is 9.51. The molecule has 1 aliphatic rings. The zero-order valence-electron chi connectivity index (χ0n) is 17.4. The lowest BCUT2D eigenvalue weighted by Gasteiger charge is -2.35. The largest absolute Gasteiger partial charge is 0.463 e. The Bertz CT molecular complexity index is 938. The van der Waals surface area contributed by atoms with Gasteiger partial charge in [0.25, 0.3) is 0 Å². The van der Waals surface area contributed by atoms with Crippen molar-refractivity contribution in [2.75, 3.05) is 24.6 Å². The van der Waals surface area contributed by atoms with Crippen LogP contribution in [0.25, 0.3) is 0 Å². The minimum absolute atomic E-state index is 0.00666. The predicted molar refractivity (Wildman–Crippen MR) is 109 cm³/mol. The summed E-state index contributed by atoms with van der Waals surface area (Å²) < 4.78 is 20.3. The molecule has 0 fully saturated rings. The maximum Gasteiger partial charge on any atom is 0.338 e. The fourth-order valence-electron chi connectivity index (χ4n) is 3.45. The molecule has 1 atom stereocenters. The van der Waals surface area contributed by atoms with Gasteiger partial charge in [0.1, 0.15) is 24.7 Å². The Hall–Kier alpha value is -3.23. The molecule has 9 heteroatoms. The first-order valence-corrected chi connectivity index (χ1v) is 10.0. The van der Waals surface area contributed by atoms with Gasteiger partial charge in [-0.15, -0.1) is 0 Å². The van der Waals surface area contributed by atoms with Crippen LogP contribution in [0.1, 0.15) is 45.2 Å². The molecule has 1 N–H and O–H groups in total.